The Morgan fingerprint density at radius 1 is 1.37 bits per heavy atom. The number of oxazole rings is 1. The molecular formula is C11H6F3NO3S. The van der Waals surface area contributed by atoms with Gasteiger partial charge in [-0.15, -0.1) is 0 Å². The molecule has 0 amide bonds. The van der Waals surface area contributed by atoms with E-state index in [4.69, 9.17) is 9.52 Å². The highest BCUT2D eigenvalue weighted by Crippen LogP contribution is 2.35. The van der Waals surface area contributed by atoms with E-state index in [9.17, 15) is 18.0 Å². The van der Waals surface area contributed by atoms with Gasteiger partial charge in [-0.3, -0.25) is 0 Å². The Balaban J connectivity index is 2.39. The first-order valence-corrected chi connectivity index (χ1v) is 5.71. The van der Waals surface area contributed by atoms with Crippen molar-refractivity contribution in [3.63, 3.8) is 0 Å². The van der Waals surface area contributed by atoms with E-state index in [2.05, 4.69) is 4.98 Å². The molecule has 0 aliphatic heterocycles. The minimum absolute atomic E-state index is 0.219. The second-order valence-electron chi connectivity index (χ2n) is 3.41. The van der Waals surface area contributed by atoms with Crippen molar-refractivity contribution >= 4 is 17.7 Å². The van der Waals surface area contributed by atoms with Crippen LogP contribution >= 0.6 is 11.8 Å². The number of carboxylic acid groups (broad SMARTS) is 1. The summed E-state index contributed by atoms with van der Waals surface area (Å²) in [6.45, 7) is 0. The van der Waals surface area contributed by atoms with Crippen LogP contribution < -0.4 is 0 Å². The molecule has 0 saturated carbocycles. The van der Waals surface area contributed by atoms with E-state index in [1.54, 1.807) is 0 Å². The summed E-state index contributed by atoms with van der Waals surface area (Å²) in [4.78, 5) is 15.0. The summed E-state index contributed by atoms with van der Waals surface area (Å²) in [5.74, 6) is -1.64. The number of benzene rings is 1. The predicted octanol–water partition coefficient (Wildman–Crippen LogP) is 3.54. The summed E-state index contributed by atoms with van der Waals surface area (Å²) in [5, 5.41) is 9.05. The highest BCUT2D eigenvalue weighted by molar-refractivity contribution is 7.99. The minimum Gasteiger partial charge on any atom is -0.478 e. The van der Waals surface area contributed by atoms with Crippen molar-refractivity contribution in [3.8, 4) is 0 Å². The van der Waals surface area contributed by atoms with Gasteiger partial charge in [-0.05, 0) is 30.0 Å². The molecule has 8 heteroatoms. The third-order valence-corrected chi connectivity index (χ3v) is 3.01. The first kappa shape index (κ1) is 13.5. The van der Waals surface area contributed by atoms with Gasteiger partial charge in [-0.25, -0.2) is 9.78 Å². The van der Waals surface area contributed by atoms with Gasteiger partial charge in [0.1, 0.15) is 6.26 Å². The van der Waals surface area contributed by atoms with Crippen molar-refractivity contribution in [2.24, 2.45) is 0 Å². The number of nitrogens with zero attached hydrogens (tertiary/aromatic N) is 1. The van der Waals surface area contributed by atoms with Gasteiger partial charge >= 0.3 is 12.1 Å². The maximum absolute atomic E-state index is 12.6. The highest BCUT2D eigenvalue weighted by Gasteiger charge is 2.35. The smallest absolute Gasteiger partial charge is 0.417 e. The Morgan fingerprint density at radius 3 is 2.63 bits per heavy atom. The quantitative estimate of drug-likeness (QED) is 0.936. The monoisotopic (exact) mass is 289 g/mol. The average molecular weight is 289 g/mol. The van der Waals surface area contributed by atoms with E-state index < -0.39 is 23.3 Å². The minimum atomic E-state index is -4.71. The molecule has 1 aromatic carbocycles. The van der Waals surface area contributed by atoms with E-state index in [0.717, 1.165) is 23.9 Å². The summed E-state index contributed by atoms with van der Waals surface area (Å²) >= 11 is 0.937. The molecule has 2 aromatic rings. The number of carboxylic acids is 1. The van der Waals surface area contributed by atoms with Gasteiger partial charge in [0, 0.05) is 4.90 Å². The predicted molar refractivity (Wildman–Crippen MR) is 59.0 cm³/mol. The Bertz CT molecular complexity index is 596. The standard InChI is InChI=1S/C11H6F3NO3S/c12-11(13,14)8-2-1-6(5-7(8)9(16)17)19-10-15-3-4-18-10/h1-5H,(H,16,17). The maximum atomic E-state index is 12.6. The molecule has 0 aliphatic carbocycles. The molecule has 0 aliphatic rings. The van der Waals surface area contributed by atoms with Gasteiger partial charge < -0.3 is 9.52 Å². The SMILES string of the molecule is O=C(O)c1cc(Sc2ncco2)ccc1C(F)(F)F. The van der Waals surface area contributed by atoms with Gasteiger partial charge in [-0.2, -0.15) is 13.2 Å². The van der Waals surface area contributed by atoms with Gasteiger partial charge in [0.2, 0.25) is 0 Å². The summed E-state index contributed by atoms with van der Waals surface area (Å²) in [7, 11) is 0. The zero-order valence-electron chi connectivity index (χ0n) is 9.14. The summed E-state index contributed by atoms with van der Waals surface area (Å²) in [6, 6.07) is 2.85. The van der Waals surface area contributed by atoms with E-state index in [-0.39, 0.29) is 5.22 Å². The van der Waals surface area contributed by atoms with Crippen molar-refractivity contribution in [2.75, 3.05) is 0 Å². The fourth-order valence-electron chi connectivity index (χ4n) is 1.37. The van der Waals surface area contributed by atoms with E-state index >= 15 is 0 Å². The van der Waals surface area contributed by atoms with Crippen LogP contribution in [0.1, 0.15) is 15.9 Å². The fraction of sp³-hybridized carbons (Fsp3) is 0.0909. The largest absolute Gasteiger partial charge is 0.478 e. The van der Waals surface area contributed by atoms with Gasteiger partial charge in [-0.1, -0.05) is 0 Å². The summed E-state index contributed by atoms with van der Waals surface area (Å²) in [5.41, 5.74) is -1.99. The number of alkyl halides is 3. The van der Waals surface area contributed by atoms with E-state index in [1.807, 2.05) is 0 Å². The maximum Gasteiger partial charge on any atom is 0.417 e. The lowest BCUT2D eigenvalue weighted by molar-refractivity contribution is -0.138. The molecule has 0 radical (unpaired) electrons. The second-order valence-corrected chi connectivity index (χ2v) is 4.44. The summed E-state index contributed by atoms with van der Waals surface area (Å²) < 4.78 is 42.8. The Labute approximate surface area is 109 Å². The molecule has 100 valence electrons. The van der Waals surface area contributed by atoms with Gasteiger partial charge in [0.05, 0.1) is 17.3 Å². The van der Waals surface area contributed by atoms with Crippen LogP contribution in [0.2, 0.25) is 0 Å². The molecular weight excluding hydrogens is 283 g/mol. The average Bonchev–Trinajstić information content (AvgIpc) is 2.80. The first-order chi connectivity index (χ1) is 8.88. The third kappa shape index (κ3) is 3.08. The highest BCUT2D eigenvalue weighted by atomic mass is 32.2. The number of rotatable bonds is 3. The van der Waals surface area contributed by atoms with Crippen LogP contribution in [0.25, 0.3) is 0 Å². The van der Waals surface area contributed by atoms with Crippen LogP contribution in [-0.2, 0) is 6.18 Å². The third-order valence-electron chi connectivity index (χ3n) is 2.14. The van der Waals surface area contributed by atoms with E-state index in [1.165, 1.54) is 18.5 Å². The first-order valence-electron chi connectivity index (χ1n) is 4.90. The molecule has 0 bridgehead atoms. The number of halogens is 3. The number of aromatic carboxylic acids is 1. The van der Waals surface area contributed by atoms with Crippen LogP contribution in [0.4, 0.5) is 13.2 Å². The number of hydrogen-bond donors (Lipinski definition) is 1. The lowest BCUT2D eigenvalue weighted by Crippen LogP contribution is -2.12. The number of hydrogen-bond acceptors (Lipinski definition) is 4. The van der Waals surface area contributed by atoms with Gasteiger partial charge in [0.25, 0.3) is 5.22 Å². The topological polar surface area (TPSA) is 63.3 Å². The zero-order chi connectivity index (χ0) is 14.0. The van der Waals surface area contributed by atoms with Crippen molar-refractivity contribution < 1.29 is 27.5 Å². The molecule has 4 nitrogen and oxygen atoms in total. The van der Waals surface area contributed by atoms with Crippen LogP contribution in [0.5, 0.6) is 0 Å². The molecule has 0 atom stereocenters. The molecule has 0 saturated heterocycles. The van der Waals surface area contributed by atoms with Crippen molar-refractivity contribution in [2.45, 2.75) is 16.3 Å². The Kier molecular flexibility index (Phi) is 3.52. The zero-order valence-corrected chi connectivity index (χ0v) is 9.96. The van der Waals surface area contributed by atoms with E-state index in [0.29, 0.717) is 4.90 Å². The lowest BCUT2D eigenvalue weighted by atomic mass is 10.1. The van der Waals surface area contributed by atoms with Crippen LogP contribution in [-0.4, -0.2) is 16.1 Å². The normalized spacial score (nSPS) is 11.5. The number of aromatic nitrogens is 1. The molecule has 0 fully saturated rings. The molecule has 2 rings (SSSR count). The van der Waals surface area contributed by atoms with Crippen molar-refractivity contribution in [3.05, 3.63) is 41.8 Å². The number of carbonyl (C=O) groups is 1. The molecule has 1 aromatic heterocycles. The Hall–Kier alpha value is -1.96. The van der Waals surface area contributed by atoms with Gasteiger partial charge in [0.15, 0.2) is 0 Å². The van der Waals surface area contributed by atoms with Crippen LogP contribution in [0, 0.1) is 0 Å². The Morgan fingerprint density at radius 2 is 2.11 bits per heavy atom. The van der Waals surface area contributed by atoms with Crippen LogP contribution in [0.15, 0.2) is 45.2 Å². The van der Waals surface area contributed by atoms with Crippen LogP contribution in [0.3, 0.4) is 0 Å². The second kappa shape index (κ2) is 4.96. The molecule has 1 heterocycles. The molecule has 0 spiro atoms. The lowest BCUT2D eigenvalue weighted by Gasteiger charge is -2.10. The molecule has 19 heavy (non-hydrogen) atoms. The van der Waals surface area contributed by atoms with Crippen molar-refractivity contribution in [1.29, 1.82) is 0 Å². The summed E-state index contributed by atoms with van der Waals surface area (Å²) in [6.07, 6.45) is -2.02. The van der Waals surface area contributed by atoms with Crippen molar-refractivity contribution in [1.82, 2.24) is 4.98 Å². The fourth-order valence-corrected chi connectivity index (χ4v) is 2.10. The molecule has 1 N–H and O–H groups in total. The molecule has 0 unspecified atom stereocenters.